The van der Waals surface area contributed by atoms with Crippen LogP contribution in [0.2, 0.25) is 39.3 Å². The van der Waals surface area contributed by atoms with E-state index in [0.29, 0.717) is 6.42 Å². The van der Waals surface area contributed by atoms with Crippen molar-refractivity contribution in [2.45, 2.75) is 135 Å². The number of hydrogen-bond acceptors (Lipinski definition) is 4. The van der Waals surface area contributed by atoms with Crippen molar-refractivity contribution >= 4 is 22.6 Å². The van der Waals surface area contributed by atoms with E-state index in [4.69, 9.17) is 13.6 Å². The van der Waals surface area contributed by atoms with Gasteiger partial charge in [-0.1, -0.05) is 70.4 Å². The summed E-state index contributed by atoms with van der Waals surface area (Å²) in [5.74, 6) is -0.0933. The Balaban J connectivity index is 4.55. The molecule has 0 aromatic rings. The lowest BCUT2D eigenvalue weighted by atomic mass is 10.0. The van der Waals surface area contributed by atoms with E-state index in [9.17, 15) is 4.79 Å². The molecule has 0 amide bonds. The Hall–Kier alpha value is -0.436. The molecule has 2 atom stereocenters. The van der Waals surface area contributed by atoms with Gasteiger partial charge in [0.15, 0.2) is 16.6 Å². The standard InChI is InChI=1S/C25H52O4Si2/c1-9-10-15-18-23(28-30(3,4)5)21-22-24(29-31(6,7)8)19-16-13-11-12-14-17-20-25(26)27-2/h21-24H,9-20H2,1-8H3/b22-21+/t23-,24-/m0/s1. The fourth-order valence-electron chi connectivity index (χ4n) is 3.56. The van der Waals surface area contributed by atoms with Gasteiger partial charge in [0.2, 0.25) is 0 Å². The number of carbonyl (C=O) groups is 1. The van der Waals surface area contributed by atoms with Crippen LogP contribution in [-0.2, 0) is 18.4 Å². The summed E-state index contributed by atoms with van der Waals surface area (Å²) in [6.07, 6.45) is 18.4. The van der Waals surface area contributed by atoms with Crippen LogP contribution >= 0.6 is 0 Å². The van der Waals surface area contributed by atoms with Crippen molar-refractivity contribution in [2.75, 3.05) is 7.11 Å². The molecule has 6 heteroatoms. The van der Waals surface area contributed by atoms with Gasteiger partial charge in [-0.05, 0) is 58.5 Å². The Morgan fingerprint density at radius 3 is 1.55 bits per heavy atom. The van der Waals surface area contributed by atoms with Gasteiger partial charge in [-0.3, -0.25) is 4.79 Å². The molecule has 0 saturated heterocycles. The van der Waals surface area contributed by atoms with Gasteiger partial charge >= 0.3 is 5.97 Å². The summed E-state index contributed by atoms with van der Waals surface area (Å²) < 4.78 is 17.6. The van der Waals surface area contributed by atoms with Crippen LogP contribution in [0.15, 0.2) is 12.2 Å². The van der Waals surface area contributed by atoms with E-state index in [1.54, 1.807) is 0 Å². The Bertz CT molecular complexity index is 481. The molecule has 0 saturated carbocycles. The van der Waals surface area contributed by atoms with Crippen molar-refractivity contribution in [2.24, 2.45) is 0 Å². The van der Waals surface area contributed by atoms with Gasteiger partial charge in [0.1, 0.15) is 0 Å². The van der Waals surface area contributed by atoms with Crippen molar-refractivity contribution in [1.82, 2.24) is 0 Å². The Morgan fingerprint density at radius 1 is 0.710 bits per heavy atom. The average Bonchev–Trinajstić information content (AvgIpc) is 2.65. The predicted molar refractivity (Wildman–Crippen MR) is 139 cm³/mol. The van der Waals surface area contributed by atoms with E-state index < -0.39 is 16.6 Å². The first-order valence-corrected chi connectivity index (χ1v) is 19.4. The molecule has 0 aromatic heterocycles. The molecule has 0 radical (unpaired) electrons. The summed E-state index contributed by atoms with van der Waals surface area (Å²) >= 11 is 0. The Morgan fingerprint density at radius 2 is 1.13 bits per heavy atom. The maximum atomic E-state index is 11.1. The molecular weight excluding hydrogens is 420 g/mol. The summed E-state index contributed by atoms with van der Waals surface area (Å²) in [6, 6.07) is 0. The first-order valence-electron chi connectivity index (χ1n) is 12.6. The molecule has 0 aliphatic carbocycles. The highest BCUT2D eigenvalue weighted by atomic mass is 28.4. The number of hydrogen-bond donors (Lipinski definition) is 0. The van der Waals surface area contributed by atoms with Gasteiger partial charge in [0.25, 0.3) is 0 Å². The van der Waals surface area contributed by atoms with Crippen LogP contribution in [0.25, 0.3) is 0 Å². The van der Waals surface area contributed by atoms with Crippen molar-refractivity contribution in [3.05, 3.63) is 12.2 Å². The fourth-order valence-corrected chi connectivity index (χ4v) is 5.77. The van der Waals surface area contributed by atoms with Crippen molar-refractivity contribution in [3.63, 3.8) is 0 Å². The highest BCUT2D eigenvalue weighted by molar-refractivity contribution is 6.70. The van der Waals surface area contributed by atoms with E-state index in [2.05, 4.69) is 58.4 Å². The molecule has 0 spiro atoms. The highest BCUT2D eigenvalue weighted by Gasteiger charge is 2.22. The van der Waals surface area contributed by atoms with Crippen molar-refractivity contribution in [3.8, 4) is 0 Å². The van der Waals surface area contributed by atoms with Gasteiger partial charge in [-0.25, -0.2) is 0 Å². The minimum atomic E-state index is -1.60. The minimum Gasteiger partial charge on any atom is -0.469 e. The van der Waals surface area contributed by atoms with Crippen LogP contribution < -0.4 is 0 Å². The van der Waals surface area contributed by atoms with Crippen LogP contribution in [0.1, 0.15) is 84.0 Å². The second-order valence-electron chi connectivity index (χ2n) is 10.7. The third kappa shape index (κ3) is 21.2. The molecule has 0 N–H and O–H groups in total. The van der Waals surface area contributed by atoms with Crippen molar-refractivity contribution < 1.29 is 18.4 Å². The number of methoxy groups -OCH3 is 1. The quantitative estimate of drug-likeness (QED) is 0.0830. The van der Waals surface area contributed by atoms with E-state index in [1.807, 2.05) is 0 Å². The maximum Gasteiger partial charge on any atom is 0.305 e. The molecule has 0 aliphatic rings. The van der Waals surface area contributed by atoms with Crippen molar-refractivity contribution in [1.29, 1.82) is 0 Å². The second-order valence-corrected chi connectivity index (χ2v) is 19.6. The zero-order valence-electron chi connectivity index (χ0n) is 21.9. The summed E-state index contributed by atoms with van der Waals surface area (Å²) in [6.45, 7) is 15.9. The van der Waals surface area contributed by atoms with Crippen LogP contribution in [-0.4, -0.2) is 41.9 Å². The highest BCUT2D eigenvalue weighted by Crippen LogP contribution is 2.19. The third-order valence-electron chi connectivity index (χ3n) is 4.99. The van der Waals surface area contributed by atoms with Crippen LogP contribution in [0.3, 0.4) is 0 Å². The molecule has 0 heterocycles. The number of esters is 1. The van der Waals surface area contributed by atoms with Crippen LogP contribution in [0, 0.1) is 0 Å². The topological polar surface area (TPSA) is 44.8 Å². The van der Waals surface area contributed by atoms with E-state index in [-0.39, 0.29) is 18.2 Å². The van der Waals surface area contributed by atoms with E-state index in [1.165, 1.54) is 52.1 Å². The number of ether oxygens (including phenoxy) is 1. The normalized spacial score (nSPS) is 14.7. The fraction of sp³-hybridized carbons (Fsp3) is 0.880. The summed E-state index contributed by atoms with van der Waals surface area (Å²) in [5.41, 5.74) is 0. The van der Waals surface area contributed by atoms with Gasteiger partial charge in [-0.2, -0.15) is 0 Å². The summed E-state index contributed by atoms with van der Waals surface area (Å²) in [5, 5.41) is 0. The molecule has 0 bridgehead atoms. The lowest BCUT2D eigenvalue weighted by molar-refractivity contribution is -0.140. The van der Waals surface area contributed by atoms with Gasteiger partial charge in [0.05, 0.1) is 19.3 Å². The molecule has 31 heavy (non-hydrogen) atoms. The Kier molecular flexibility index (Phi) is 16.9. The van der Waals surface area contributed by atoms with E-state index >= 15 is 0 Å². The minimum absolute atomic E-state index is 0.0933. The first-order chi connectivity index (χ1) is 14.5. The molecule has 0 aromatic carbocycles. The molecule has 0 fully saturated rings. The van der Waals surface area contributed by atoms with Crippen LogP contribution in [0.4, 0.5) is 0 Å². The van der Waals surface area contributed by atoms with Gasteiger partial charge in [0, 0.05) is 6.42 Å². The first kappa shape index (κ1) is 30.6. The second kappa shape index (κ2) is 17.1. The SMILES string of the molecule is CCCCC[C@@H](/C=C/[C@H](CCCCCCCCC(=O)OC)O[Si](C)(C)C)O[Si](C)(C)C. The lowest BCUT2D eigenvalue weighted by Gasteiger charge is -2.27. The monoisotopic (exact) mass is 472 g/mol. The molecule has 0 rings (SSSR count). The number of unbranched alkanes of at least 4 members (excludes halogenated alkanes) is 7. The Labute approximate surface area is 195 Å². The molecule has 184 valence electrons. The summed E-state index contributed by atoms with van der Waals surface area (Å²) in [7, 11) is -1.71. The number of carbonyl (C=O) groups excluding carboxylic acids is 1. The lowest BCUT2D eigenvalue weighted by Crippen LogP contribution is -2.33. The average molecular weight is 473 g/mol. The maximum absolute atomic E-state index is 11.1. The van der Waals surface area contributed by atoms with Crippen LogP contribution in [0.5, 0.6) is 0 Å². The molecule has 4 nitrogen and oxygen atoms in total. The zero-order valence-corrected chi connectivity index (χ0v) is 23.9. The molecular formula is C25H52O4Si2. The molecule has 0 unspecified atom stereocenters. The van der Waals surface area contributed by atoms with Gasteiger partial charge < -0.3 is 13.6 Å². The third-order valence-corrected chi connectivity index (χ3v) is 7.01. The van der Waals surface area contributed by atoms with Gasteiger partial charge in [-0.15, -0.1) is 0 Å². The molecule has 0 aliphatic heterocycles. The number of rotatable bonds is 19. The predicted octanol–water partition coefficient (Wildman–Crippen LogP) is 7.86. The largest absolute Gasteiger partial charge is 0.469 e. The summed E-state index contributed by atoms with van der Waals surface area (Å²) in [4.78, 5) is 11.1. The zero-order chi connectivity index (χ0) is 23.8. The smallest absolute Gasteiger partial charge is 0.305 e. The van der Waals surface area contributed by atoms with E-state index in [0.717, 1.165) is 25.7 Å².